The van der Waals surface area contributed by atoms with Crippen molar-refractivity contribution >= 4 is 13.2 Å². The minimum Gasteiger partial charge on any atom is -0.0689 e. The molecular weight excluding hydrogens is 187 g/mol. The standard InChI is InChI=1S/C13H19P/c1-3-11-10-12(4-2)14(11)13-8-6-5-7-9-13/h5-9,11-12H,3-4,10H2,1-2H3/t11-,12-/m0/s1. The summed E-state index contributed by atoms with van der Waals surface area (Å²) in [6.45, 7) is 4.68. The van der Waals surface area contributed by atoms with E-state index in [-0.39, 0.29) is 7.92 Å². The lowest BCUT2D eigenvalue weighted by Gasteiger charge is -2.45. The monoisotopic (exact) mass is 206 g/mol. The zero-order chi connectivity index (χ0) is 9.97. The molecule has 0 spiro atoms. The van der Waals surface area contributed by atoms with Crippen molar-refractivity contribution in [1.29, 1.82) is 0 Å². The molecule has 0 amide bonds. The number of hydrogen-bond acceptors (Lipinski definition) is 0. The molecule has 1 heterocycles. The molecule has 0 radical (unpaired) electrons. The highest BCUT2D eigenvalue weighted by Gasteiger charge is 2.38. The highest BCUT2D eigenvalue weighted by atomic mass is 31.1. The van der Waals surface area contributed by atoms with Crippen molar-refractivity contribution in [2.24, 2.45) is 0 Å². The van der Waals surface area contributed by atoms with E-state index in [9.17, 15) is 0 Å². The predicted molar refractivity (Wildman–Crippen MR) is 65.8 cm³/mol. The lowest BCUT2D eigenvalue weighted by molar-refractivity contribution is 0.610. The van der Waals surface area contributed by atoms with Crippen molar-refractivity contribution in [3.8, 4) is 0 Å². The van der Waals surface area contributed by atoms with Crippen LogP contribution in [-0.4, -0.2) is 11.3 Å². The van der Waals surface area contributed by atoms with Gasteiger partial charge in [-0.1, -0.05) is 52.1 Å². The van der Waals surface area contributed by atoms with Gasteiger partial charge in [-0.05, 0) is 35.9 Å². The van der Waals surface area contributed by atoms with Gasteiger partial charge in [-0.3, -0.25) is 0 Å². The number of benzene rings is 1. The molecule has 0 saturated carbocycles. The van der Waals surface area contributed by atoms with Crippen LogP contribution in [0.5, 0.6) is 0 Å². The molecule has 1 heteroatoms. The fraction of sp³-hybridized carbons (Fsp3) is 0.538. The second-order valence-electron chi connectivity index (χ2n) is 4.10. The topological polar surface area (TPSA) is 0 Å². The first kappa shape index (κ1) is 10.2. The van der Waals surface area contributed by atoms with E-state index in [1.54, 1.807) is 5.30 Å². The molecule has 1 fully saturated rings. The van der Waals surface area contributed by atoms with E-state index in [0.717, 1.165) is 11.3 Å². The van der Waals surface area contributed by atoms with Crippen molar-refractivity contribution in [2.45, 2.75) is 44.4 Å². The summed E-state index contributed by atoms with van der Waals surface area (Å²) >= 11 is 0. The Bertz CT molecular complexity index is 271. The zero-order valence-corrected chi connectivity index (χ0v) is 10.0. The quantitative estimate of drug-likeness (QED) is 0.661. The summed E-state index contributed by atoms with van der Waals surface area (Å²) in [5.74, 6) is 0. The van der Waals surface area contributed by atoms with Crippen LogP contribution in [0.25, 0.3) is 0 Å². The van der Waals surface area contributed by atoms with Gasteiger partial charge in [-0.2, -0.15) is 0 Å². The van der Waals surface area contributed by atoms with Crippen LogP contribution in [0.3, 0.4) is 0 Å². The Hall–Kier alpha value is -0.350. The summed E-state index contributed by atoms with van der Waals surface area (Å²) < 4.78 is 0. The van der Waals surface area contributed by atoms with Crippen LogP contribution < -0.4 is 5.30 Å². The number of rotatable bonds is 3. The molecule has 0 nitrogen and oxygen atoms in total. The van der Waals surface area contributed by atoms with Crippen LogP contribution in [0, 0.1) is 0 Å². The molecule has 2 rings (SSSR count). The second kappa shape index (κ2) is 4.45. The lowest BCUT2D eigenvalue weighted by atomic mass is 10.1. The van der Waals surface area contributed by atoms with Gasteiger partial charge >= 0.3 is 0 Å². The fourth-order valence-corrected chi connectivity index (χ4v) is 5.76. The van der Waals surface area contributed by atoms with Gasteiger partial charge in [0.2, 0.25) is 0 Å². The number of hydrogen-bond donors (Lipinski definition) is 0. The van der Waals surface area contributed by atoms with Gasteiger partial charge in [-0.15, -0.1) is 0 Å². The molecule has 1 aromatic rings. The van der Waals surface area contributed by atoms with E-state index in [4.69, 9.17) is 0 Å². The average Bonchev–Trinajstić information content (AvgIpc) is 2.19. The average molecular weight is 206 g/mol. The molecular formula is C13H19P. The van der Waals surface area contributed by atoms with Gasteiger partial charge in [0, 0.05) is 0 Å². The van der Waals surface area contributed by atoms with Crippen LogP contribution in [0.1, 0.15) is 33.1 Å². The first-order valence-electron chi connectivity index (χ1n) is 5.70. The van der Waals surface area contributed by atoms with Gasteiger partial charge in [0.1, 0.15) is 0 Å². The third-order valence-electron chi connectivity index (χ3n) is 3.33. The van der Waals surface area contributed by atoms with Crippen molar-refractivity contribution in [3.05, 3.63) is 30.3 Å². The van der Waals surface area contributed by atoms with Crippen molar-refractivity contribution in [3.63, 3.8) is 0 Å². The highest BCUT2D eigenvalue weighted by Crippen LogP contribution is 2.60. The molecule has 1 aromatic carbocycles. The van der Waals surface area contributed by atoms with E-state index in [2.05, 4.69) is 44.2 Å². The van der Waals surface area contributed by atoms with Gasteiger partial charge in [0.25, 0.3) is 0 Å². The normalized spacial score (nSPS) is 27.3. The highest BCUT2D eigenvalue weighted by molar-refractivity contribution is 7.68. The Labute approximate surface area is 88.5 Å². The van der Waals surface area contributed by atoms with Gasteiger partial charge in [0.05, 0.1) is 0 Å². The molecule has 1 aliphatic rings. The Morgan fingerprint density at radius 3 is 2.14 bits per heavy atom. The molecule has 1 saturated heterocycles. The van der Waals surface area contributed by atoms with Crippen molar-refractivity contribution in [1.82, 2.24) is 0 Å². The smallest absolute Gasteiger partial charge is 0.0163 e. The molecule has 0 bridgehead atoms. The van der Waals surface area contributed by atoms with Gasteiger partial charge < -0.3 is 0 Å². The molecule has 0 unspecified atom stereocenters. The molecule has 76 valence electrons. The molecule has 0 aromatic heterocycles. The minimum atomic E-state index is 0.180. The fourth-order valence-electron chi connectivity index (χ4n) is 2.45. The summed E-state index contributed by atoms with van der Waals surface area (Å²) in [7, 11) is 0.180. The summed E-state index contributed by atoms with van der Waals surface area (Å²) in [5, 5.41) is 1.63. The Morgan fingerprint density at radius 1 is 1.07 bits per heavy atom. The Kier molecular flexibility index (Phi) is 3.23. The van der Waals surface area contributed by atoms with Crippen LogP contribution in [0.2, 0.25) is 0 Å². The predicted octanol–water partition coefficient (Wildman–Crippen LogP) is 3.75. The molecule has 0 N–H and O–H groups in total. The summed E-state index contributed by atoms with van der Waals surface area (Å²) in [5.41, 5.74) is 2.02. The summed E-state index contributed by atoms with van der Waals surface area (Å²) in [4.78, 5) is 0. The van der Waals surface area contributed by atoms with Crippen LogP contribution in [0.4, 0.5) is 0 Å². The zero-order valence-electron chi connectivity index (χ0n) is 9.11. The Balaban J connectivity index is 2.15. The largest absolute Gasteiger partial charge is 0.0689 e. The molecule has 14 heavy (non-hydrogen) atoms. The van der Waals surface area contributed by atoms with E-state index in [1.165, 1.54) is 19.3 Å². The Morgan fingerprint density at radius 2 is 1.64 bits per heavy atom. The minimum absolute atomic E-state index is 0.180. The van der Waals surface area contributed by atoms with E-state index < -0.39 is 0 Å². The van der Waals surface area contributed by atoms with Crippen LogP contribution >= 0.6 is 7.92 Å². The van der Waals surface area contributed by atoms with Crippen LogP contribution in [0.15, 0.2) is 30.3 Å². The SMILES string of the molecule is CC[C@H]1C[C@H](CC)P1c1ccccc1. The summed E-state index contributed by atoms with van der Waals surface area (Å²) in [6, 6.07) is 11.2. The van der Waals surface area contributed by atoms with E-state index >= 15 is 0 Å². The van der Waals surface area contributed by atoms with E-state index in [0.29, 0.717) is 0 Å². The van der Waals surface area contributed by atoms with Gasteiger partial charge in [0.15, 0.2) is 0 Å². The third-order valence-corrected chi connectivity index (χ3v) is 6.95. The molecule has 1 aliphatic heterocycles. The van der Waals surface area contributed by atoms with Crippen molar-refractivity contribution < 1.29 is 0 Å². The maximum Gasteiger partial charge on any atom is -0.0163 e. The lowest BCUT2D eigenvalue weighted by Crippen LogP contribution is -2.34. The van der Waals surface area contributed by atoms with E-state index in [1.807, 2.05) is 0 Å². The molecule has 2 atom stereocenters. The maximum absolute atomic E-state index is 2.34. The van der Waals surface area contributed by atoms with Crippen molar-refractivity contribution in [2.75, 3.05) is 0 Å². The summed E-state index contributed by atoms with van der Waals surface area (Å²) in [6.07, 6.45) is 4.22. The maximum atomic E-state index is 2.34. The second-order valence-corrected chi connectivity index (χ2v) is 6.89. The molecule has 0 aliphatic carbocycles. The first-order chi connectivity index (χ1) is 6.86. The van der Waals surface area contributed by atoms with Gasteiger partial charge in [-0.25, -0.2) is 0 Å². The van der Waals surface area contributed by atoms with Crippen LogP contribution in [-0.2, 0) is 0 Å². The first-order valence-corrected chi connectivity index (χ1v) is 7.18. The third kappa shape index (κ3) is 1.73.